The Kier molecular flexibility index (Phi) is 37.9. The lowest BCUT2D eigenvalue weighted by Gasteiger charge is -2.15. The summed E-state index contributed by atoms with van der Waals surface area (Å²) in [5.74, 6) is 0.565. The second-order valence-electron chi connectivity index (χ2n) is 5.15. The van der Waals surface area contributed by atoms with E-state index in [2.05, 4.69) is 53.4 Å². The highest BCUT2D eigenvalue weighted by Gasteiger charge is 2.04. The van der Waals surface area contributed by atoms with E-state index in [4.69, 9.17) is 0 Å². The van der Waals surface area contributed by atoms with E-state index < -0.39 is 0 Å². The molecule has 0 spiro atoms. The molecule has 0 aromatic heterocycles. The van der Waals surface area contributed by atoms with Gasteiger partial charge in [0.2, 0.25) is 0 Å². The number of allylic oxidation sites excluding steroid dienone is 2. The minimum absolute atomic E-state index is 0.565. The van der Waals surface area contributed by atoms with Crippen LogP contribution in [-0.4, -0.2) is 0 Å². The van der Waals surface area contributed by atoms with Crippen LogP contribution in [0.25, 0.3) is 0 Å². The summed E-state index contributed by atoms with van der Waals surface area (Å²) in [5.41, 5.74) is 2.81. The monoisotopic (exact) mass is 313 g/mol. The molecule has 0 aromatic carbocycles. The average Bonchev–Trinajstić information content (AvgIpc) is 2.55. The molecular formula is C21H47N. The van der Waals surface area contributed by atoms with Crippen LogP contribution in [0.1, 0.15) is 108 Å². The molecule has 136 valence electrons. The largest absolute Gasteiger partial charge is 0.365 e. The maximum absolute atomic E-state index is 3.70. The van der Waals surface area contributed by atoms with Crippen molar-refractivity contribution in [3.63, 3.8) is 0 Å². The topological polar surface area (TPSA) is 12.0 Å². The average molecular weight is 314 g/mol. The van der Waals surface area contributed by atoms with Gasteiger partial charge in [-0.3, -0.25) is 0 Å². The Morgan fingerprint density at radius 2 is 1.32 bits per heavy atom. The summed E-state index contributed by atoms with van der Waals surface area (Å²) in [6.45, 7) is 25.0. The molecule has 0 aliphatic carbocycles. The van der Waals surface area contributed by atoms with Crippen molar-refractivity contribution in [1.82, 2.24) is 5.32 Å². The normalized spacial score (nSPS) is 9.95. The van der Waals surface area contributed by atoms with Crippen molar-refractivity contribution in [2.45, 2.75) is 108 Å². The van der Waals surface area contributed by atoms with E-state index in [0.29, 0.717) is 5.92 Å². The van der Waals surface area contributed by atoms with Gasteiger partial charge in [-0.15, -0.1) is 0 Å². The summed E-state index contributed by atoms with van der Waals surface area (Å²) >= 11 is 0. The first-order valence-corrected chi connectivity index (χ1v) is 9.62. The van der Waals surface area contributed by atoms with Crippen LogP contribution < -0.4 is 5.32 Å². The summed E-state index contributed by atoms with van der Waals surface area (Å²) in [6, 6.07) is 0. The zero-order valence-corrected chi connectivity index (χ0v) is 17.6. The van der Waals surface area contributed by atoms with E-state index >= 15 is 0 Å². The van der Waals surface area contributed by atoms with Crippen molar-refractivity contribution in [3.8, 4) is 0 Å². The molecule has 0 saturated heterocycles. The second-order valence-corrected chi connectivity index (χ2v) is 5.15. The van der Waals surface area contributed by atoms with Crippen LogP contribution in [0, 0.1) is 5.92 Å². The Labute approximate surface area is 143 Å². The van der Waals surface area contributed by atoms with Gasteiger partial charge in [0.1, 0.15) is 0 Å². The van der Waals surface area contributed by atoms with E-state index in [1.807, 2.05) is 27.7 Å². The molecule has 0 heterocycles. The molecule has 0 radical (unpaired) electrons. The van der Waals surface area contributed by atoms with Crippen LogP contribution in [-0.2, 0) is 0 Å². The molecule has 0 amide bonds. The molecule has 1 nitrogen and oxygen atoms in total. The predicted octanol–water partition coefficient (Wildman–Crippen LogP) is 8.09. The first-order chi connectivity index (χ1) is 10.5. The van der Waals surface area contributed by atoms with Crippen LogP contribution >= 0.6 is 0 Å². The number of unbranched alkanes of at least 4 members (excludes halogenated alkanes) is 3. The fourth-order valence-corrected chi connectivity index (χ4v) is 1.82. The van der Waals surface area contributed by atoms with Crippen LogP contribution in [0.5, 0.6) is 0 Å². The van der Waals surface area contributed by atoms with Crippen molar-refractivity contribution in [2.24, 2.45) is 5.92 Å². The Morgan fingerprint density at radius 3 is 1.55 bits per heavy atom. The van der Waals surface area contributed by atoms with Crippen molar-refractivity contribution in [1.29, 1.82) is 0 Å². The van der Waals surface area contributed by atoms with Crippen molar-refractivity contribution in [3.05, 3.63) is 24.0 Å². The smallest absolute Gasteiger partial charge is 0.0161 e. The number of hydrogen-bond acceptors (Lipinski definition) is 1. The third-order valence-corrected chi connectivity index (χ3v) is 2.91. The van der Waals surface area contributed by atoms with Gasteiger partial charge in [-0.1, -0.05) is 100 Å². The van der Waals surface area contributed by atoms with Gasteiger partial charge in [0, 0.05) is 5.70 Å². The van der Waals surface area contributed by atoms with Gasteiger partial charge in [-0.25, -0.2) is 0 Å². The lowest BCUT2D eigenvalue weighted by atomic mass is 10.0. The van der Waals surface area contributed by atoms with Gasteiger partial charge in [-0.05, 0) is 31.9 Å². The molecule has 22 heavy (non-hydrogen) atoms. The molecule has 0 saturated carbocycles. The van der Waals surface area contributed by atoms with E-state index in [9.17, 15) is 0 Å². The lowest BCUT2D eigenvalue weighted by molar-refractivity contribution is 0.677. The summed E-state index contributed by atoms with van der Waals surface area (Å²) in [7, 11) is 0. The standard InChI is InChI=1S/C12H23N.C5H12.2C2H6/c1-6-8-9-11(5)12(10(3)4)13-7-2;1-3-5-4-2;2*1-2/h7,10,13H,2,6,8-9H2,1,3-5H3;3-5H2,1-2H3;2*1-2H3/b12-11+;;;. The van der Waals surface area contributed by atoms with E-state index in [1.54, 1.807) is 6.20 Å². The van der Waals surface area contributed by atoms with Gasteiger partial charge >= 0.3 is 0 Å². The Morgan fingerprint density at radius 1 is 0.909 bits per heavy atom. The molecule has 0 bridgehead atoms. The summed E-state index contributed by atoms with van der Waals surface area (Å²) in [4.78, 5) is 0. The SMILES string of the molecule is C=CN/C(=C(\C)CCCC)C(C)C.CC.CC.CCCCC. The fraction of sp³-hybridized carbons (Fsp3) is 0.810. The predicted molar refractivity (Wildman–Crippen MR) is 108 cm³/mol. The highest BCUT2D eigenvalue weighted by molar-refractivity contribution is 5.14. The quantitative estimate of drug-likeness (QED) is 0.477. The van der Waals surface area contributed by atoms with Gasteiger partial charge in [0.15, 0.2) is 0 Å². The van der Waals surface area contributed by atoms with Crippen LogP contribution in [0.15, 0.2) is 24.0 Å². The van der Waals surface area contributed by atoms with E-state index in [1.165, 1.54) is 49.8 Å². The van der Waals surface area contributed by atoms with Crippen molar-refractivity contribution < 1.29 is 0 Å². The maximum Gasteiger partial charge on any atom is 0.0161 e. The highest BCUT2D eigenvalue weighted by Crippen LogP contribution is 2.16. The molecule has 0 aliphatic heterocycles. The molecule has 0 aliphatic rings. The van der Waals surface area contributed by atoms with Gasteiger partial charge in [0.05, 0.1) is 0 Å². The van der Waals surface area contributed by atoms with Crippen LogP contribution in [0.3, 0.4) is 0 Å². The maximum atomic E-state index is 3.70. The first-order valence-electron chi connectivity index (χ1n) is 9.62. The molecule has 1 N–H and O–H groups in total. The van der Waals surface area contributed by atoms with Crippen molar-refractivity contribution in [2.75, 3.05) is 0 Å². The molecular weight excluding hydrogens is 266 g/mol. The zero-order valence-electron chi connectivity index (χ0n) is 17.6. The number of rotatable bonds is 8. The minimum Gasteiger partial charge on any atom is -0.365 e. The first kappa shape index (κ1) is 29.3. The Hall–Kier alpha value is -0.720. The van der Waals surface area contributed by atoms with Crippen molar-refractivity contribution >= 4 is 0 Å². The molecule has 1 heteroatoms. The van der Waals surface area contributed by atoms with Gasteiger partial charge in [-0.2, -0.15) is 0 Å². The van der Waals surface area contributed by atoms with Crippen LogP contribution in [0.2, 0.25) is 0 Å². The van der Waals surface area contributed by atoms with Gasteiger partial charge < -0.3 is 5.32 Å². The number of nitrogens with one attached hydrogen (secondary N) is 1. The third-order valence-electron chi connectivity index (χ3n) is 2.91. The van der Waals surface area contributed by atoms with Gasteiger partial charge in [0.25, 0.3) is 0 Å². The third kappa shape index (κ3) is 24.3. The molecule has 0 unspecified atom stereocenters. The molecule has 0 atom stereocenters. The highest BCUT2D eigenvalue weighted by atomic mass is 14.9. The lowest BCUT2D eigenvalue weighted by Crippen LogP contribution is -2.12. The summed E-state index contributed by atoms with van der Waals surface area (Å²) < 4.78 is 0. The summed E-state index contributed by atoms with van der Waals surface area (Å²) in [5, 5.41) is 3.23. The molecule has 0 rings (SSSR count). The Balaban J connectivity index is -0.000000150. The molecule has 0 fully saturated rings. The second kappa shape index (κ2) is 28.4. The molecule has 0 aromatic rings. The van der Waals surface area contributed by atoms with E-state index in [-0.39, 0.29) is 0 Å². The number of hydrogen-bond donors (Lipinski definition) is 1. The zero-order chi connectivity index (χ0) is 18.4. The van der Waals surface area contributed by atoms with E-state index in [0.717, 1.165) is 0 Å². The van der Waals surface area contributed by atoms with Crippen LogP contribution in [0.4, 0.5) is 0 Å². The summed E-state index contributed by atoms with van der Waals surface area (Å²) in [6.07, 6.45) is 9.58. The fourth-order valence-electron chi connectivity index (χ4n) is 1.82. The Bertz CT molecular complexity index is 212. The minimum atomic E-state index is 0.565.